The van der Waals surface area contributed by atoms with Crippen LogP contribution < -0.4 is 0 Å². The number of carbonyl (C=O) groups excluding carboxylic acids is 1. The van der Waals surface area contributed by atoms with Crippen LogP contribution in [0, 0.1) is 0 Å². The van der Waals surface area contributed by atoms with Crippen molar-refractivity contribution in [3.8, 4) is 0 Å². The summed E-state index contributed by atoms with van der Waals surface area (Å²) >= 11 is 5.95. The molecule has 100 valence electrons. The molecule has 0 bridgehead atoms. The first-order valence-corrected chi connectivity index (χ1v) is 5.86. The van der Waals surface area contributed by atoms with Crippen molar-refractivity contribution in [2.75, 3.05) is 19.7 Å². The van der Waals surface area contributed by atoms with E-state index in [-0.39, 0.29) is 13.2 Å². The summed E-state index contributed by atoms with van der Waals surface area (Å²) in [5.41, 5.74) is 0.543. The zero-order chi connectivity index (χ0) is 13.5. The molecule has 1 aromatic carbocycles. The quantitative estimate of drug-likeness (QED) is 0.809. The van der Waals surface area contributed by atoms with Crippen molar-refractivity contribution < 1.29 is 18.7 Å². The lowest BCUT2D eigenvalue weighted by Gasteiger charge is -2.23. The van der Waals surface area contributed by atoms with Crippen molar-refractivity contribution in [3.63, 3.8) is 0 Å². The van der Waals surface area contributed by atoms with E-state index in [1.165, 1.54) is 0 Å². The molecule has 1 N–H and O–H groups in total. The average Bonchev–Trinajstić information content (AvgIpc) is 2.37. The summed E-state index contributed by atoms with van der Waals surface area (Å²) in [5, 5.41) is 7.75. The van der Waals surface area contributed by atoms with E-state index in [9.17, 15) is 13.6 Å². The molecule has 1 rings (SSSR count). The first kappa shape index (κ1) is 14.9. The molecular weight excluding hydrogens is 264 g/mol. The maximum atomic E-state index is 12.3. The molecule has 0 radical (unpaired) electrons. The third-order valence-electron chi connectivity index (χ3n) is 2.35. The Balaban J connectivity index is 2.76. The lowest BCUT2D eigenvalue weighted by Crippen LogP contribution is -2.39. The van der Waals surface area contributed by atoms with Crippen LogP contribution in [0.4, 0.5) is 8.78 Å². The van der Waals surface area contributed by atoms with E-state index in [0.29, 0.717) is 5.56 Å². The summed E-state index contributed by atoms with van der Waals surface area (Å²) in [4.78, 5) is 12.8. The Bertz CT molecular complexity index is 376. The van der Waals surface area contributed by atoms with E-state index in [2.05, 4.69) is 0 Å². The molecule has 3 nitrogen and oxygen atoms in total. The minimum Gasteiger partial charge on any atom is -0.395 e. The Hall–Kier alpha value is -1.20. The smallest absolute Gasteiger partial charge is 0.255 e. The number of halogens is 3. The highest BCUT2D eigenvalue weighted by Crippen LogP contribution is 2.22. The molecule has 0 spiro atoms. The highest BCUT2D eigenvalue weighted by Gasteiger charge is 2.25. The molecule has 6 heteroatoms. The minimum absolute atomic E-state index is 0.154. The van der Waals surface area contributed by atoms with Crippen molar-refractivity contribution in [3.05, 3.63) is 35.9 Å². The van der Waals surface area contributed by atoms with Crippen molar-refractivity contribution in [1.29, 1.82) is 0 Å². The lowest BCUT2D eigenvalue weighted by molar-refractivity contribution is -0.133. The van der Waals surface area contributed by atoms with Gasteiger partial charge in [0, 0.05) is 6.54 Å². The molecule has 1 atom stereocenters. The summed E-state index contributed by atoms with van der Waals surface area (Å²) in [7, 11) is 0. The van der Waals surface area contributed by atoms with E-state index < -0.39 is 24.3 Å². The molecule has 0 aromatic heterocycles. The number of alkyl halides is 3. The number of hydrogen-bond donors (Lipinski definition) is 1. The lowest BCUT2D eigenvalue weighted by atomic mass is 10.1. The topological polar surface area (TPSA) is 40.5 Å². The van der Waals surface area contributed by atoms with Crippen LogP contribution in [0.2, 0.25) is 0 Å². The summed E-state index contributed by atoms with van der Waals surface area (Å²) in [5.74, 6) is -0.628. The van der Waals surface area contributed by atoms with Crippen LogP contribution in [-0.2, 0) is 4.79 Å². The van der Waals surface area contributed by atoms with Crippen molar-refractivity contribution in [2.24, 2.45) is 0 Å². The number of benzene rings is 1. The Kier molecular flexibility index (Phi) is 6.01. The van der Waals surface area contributed by atoms with Crippen LogP contribution in [0.3, 0.4) is 0 Å². The second-order valence-electron chi connectivity index (χ2n) is 3.67. The van der Waals surface area contributed by atoms with Gasteiger partial charge in [-0.05, 0) is 5.56 Å². The molecule has 0 fully saturated rings. The van der Waals surface area contributed by atoms with Gasteiger partial charge in [-0.2, -0.15) is 0 Å². The predicted octanol–water partition coefficient (Wildman–Crippen LogP) is 2.05. The Morgan fingerprint density at radius 3 is 2.44 bits per heavy atom. The molecule has 0 aliphatic rings. The normalized spacial score (nSPS) is 12.5. The molecule has 0 saturated heterocycles. The molecule has 18 heavy (non-hydrogen) atoms. The van der Waals surface area contributed by atoms with E-state index in [0.717, 1.165) is 4.90 Å². The van der Waals surface area contributed by atoms with Crippen molar-refractivity contribution in [1.82, 2.24) is 4.90 Å². The fourth-order valence-electron chi connectivity index (χ4n) is 1.50. The van der Waals surface area contributed by atoms with Crippen molar-refractivity contribution in [2.45, 2.75) is 11.8 Å². The molecule has 0 heterocycles. The van der Waals surface area contributed by atoms with E-state index in [1.807, 2.05) is 0 Å². The van der Waals surface area contributed by atoms with Gasteiger partial charge in [-0.25, -0.2) is 8.78 Å². The Labute approximate surface area is 109 Å². The first-order valence-electron chi connectivity index (χ1n) is 5.43. The molecule has 0 saturated carbocycles. The number of nitrogens with zero attached hydrogens (tertiary/aromatic N) is 1. The van der Waals surface area contributed by atoms with E-state index in [4.69, 9.17) is 16.7 Å². The fraction of sp³-hybridized carbons (Fsp3) is 0.417. The van der Waals surface area contributed by atoms with Crippen LogP contribution >= 0.6 is 11.6 Å². The molecular formula is C12H14ClF2NO2. The zero-order valence-electron chi connectivity index (χ0n) is 9.60. The van der Waals surface area contributed by atoms with Gasteiger partial charge in [0.25, 0.3) is 6.43 Å². The average molecular weight is 278 g/mol. The van der Waals surface area contributed by atoms with Gasteiger partial charge in [0.1, 0.15) is 5.38 Å². The van der Waals surface area contributed by atoms with Gasteiger partial charge in [0.15, 0.2) is 0 Å². The Morgan fingerprint density at radius 1 is 1.33 bits per heavy atom. The SMILES string of the molecule is O=C(C(Cl)c1ccccc1)N(CCO)CC(F)F. The van der Waals surface area contributed by atoms with Gasteiger partial charge in [0.05, 0.1) is 13.2 Å². The molecule has 0 aliphatic carbocycles. The van der Waals surface area contributed by atoms with Crippen LogP contribution in [0.15, 0.2) is 30.3 Å². The highest BCUT2D eigenvalue weighted by atomic mass is 35.5. The maximum Gasteiger partial charge on any atom is 0.255 e. The van der Waals surface area contributed by atoms with Gasteiger partial charge < -0.3 is 10.0 Å². The third kappa shape index (κ3) is 4.23. The summed E-state index contributed by atoms with van der Waals surface area (Å²) in [6.07, 6.45) is -2.65. The van der Waals surface area contributed by atoms with Gasteiger partial charge in [-0.3, -0.25) is 4.79 Å². The molecule has 0 aliphatic heterocycles. The van der Waals surface area contributed by atoms with Gasteiger partial charge in [-0.15, -0.1) is 11.6 Å². The molecule has 1 amide bonds. The van der Waals surface area contributed by atoms with E-state index in [1.54, 1.807) is 30.3 Å². The summed E-state index contributed by atoms with van der Waals surface area (Å²) in [6.45, 7) is -1.26. The number of amides is 1. The number of aliphatic hydroxyl groups is 1. The monoisotopic (exact) mass is 277 g/mol. The second kappa shape index (κ2) is 7.28. The predicted molar refractivity (Wildman–Crippen MR) is 64.7 cm³/mol. The molecule has 1 aromatic rings. The number of aliphatic hydroxyl groups excluding tert-OH is 1. The Morgan fingerprint density at radius 2 is 1.94 bits per heavy atom. The zero-order valence-corrected chi connectivity index (χ0v) is 10.4. The number of rotatable bonds is 6. The largest absolute Gasteiger partial charge is 0.395 e. The maximum absolute atomic E-state index is 12.3. The van der Waals surface area contributed by atoms with Crippen LogP contribution in [0.5, 0.6) is 0 Å². The second-order valence-corrected chi connectivity index (χ2v) is 4.11. The fourth-order valence-corrected chi connectivity index (χ4v) is 1.79. The van der Waals surface area contributed by atoms with Crippen molar-refractivity contribution >= 4 is 17.5 Å². The van der Waals surface area contributed by atoms with E-state index >= 15 is 0 Å². The third-order valence-corrected chi connectivity index (χ3v) is 2.79. The summed E-state index contributed by atoms with van der Waals surface area (Å²) in [6, 6.07) is 8.48. The minimum atomic E-state index is -2.65. The van der Waals surface area contributed by atoms with Gasteiger partial charge in [0.2, 0.25) is 5.91 Å². The van der Waals surface area contributed by atoms with Gasteiger partial charge in [-0.1, -0.05) is 30.3 Å². The highest BCUT2D eigenvalue weighted by molar-refractivity contribution is 6.30. The molecule has 1 unspecified atom stereocenters. The standard InChI is InChI=1S/C12H14ClF2NO2/c13-11(9-4-2-1-3-5-9)12(18)16(6-7-17)8-10(14)15/h1-5,10-11,17H,6-8H2. The summed E-state index contributed by atoms with van der Waals surface area (Å²) < 4.78 is 24.6. The first-order chi connectivity index (χ1) is 8.56. The number of carbonyl (C=O) groups is 1. The van der Waals surface area contributed by atoms with Gasteiger partial charge >= 0.3 is 0 Å². The van der Waals surface area contributed by atoms with Crippen LogP contribution in [0.25, 0.3) is 0 Å². The van der Waals surface area contributed by atoms with Crippen LogP contribution in [-0.4, -0.2) is 42.0 Å². The number of hydrogen-bond acceptors (Lipinski definition) is 2. The van der Waals surface area contributed by atoms with Crippen LogP contribution in [0.1, 0.15) is 10.9 Å².